The van der Waals surface area contributed by atoms with Crippen molar-refractivity contribution in [2.24, 2.45) is 32.2 Å². The molecule has 3 aromatic rings. The number of benzene rings is 3. The number of nitrogens with two attached hydrogens (primary N) is 3. The summed E-state index contributed by atoms with van der Waals surface area (Å²) in [7, 11) is 4.40. The molecule has 0 bridgehead atoms. The standard InChI is InChI=1S/2C11H14BrClN4O.C11H14ClFN4O/c1-3-6-4-7(13)5-8(12)9(6)16-11(18)17-10(14)15-2;2*1-3-6-4-7(12)5-8(13)9(6)16-11(18)17-10(14)15-2/h3*4-5H,3H2,1-2H3,(H4,14,15,16,17,18). The zero-order valence-electron chi connectivity index (χ0n) is 30.2. The second-order valence-corrected chi connectivity index (χ2v) is 13.4. The van der Waals surface area contributed by atoms with Gasteiger partial charge >= 0.3 is 18.1 Å². The summed E-state index contributed by atoms with van der Waals surface area (Å²) in [6, 6.07) is 8.28. The Bertz CT molecular complexity index is 1690. The molecule has 6 amide bonds. The number of amides is 6. The number of carbonyl (C=O) groups is 3. The predicted molar refractivity (Wildman–Crippen MR) is 227 cm³/mol. The van der Waals surface area contributed by atoms with E-state index in [1.54, 1.807) is 24.3 Å². The van der Waals surface area contributed by atoms with Gasteiger partial charge in [0.2, 0.25) is 0 Å². The molecule has 0 heterocycles. The molecule has 0 atom stereocenters. The van der Waals surface area contributed by atoms with Crippen molar-refractivity contribution in [1.29, 1.82) is 0 Å². The zero-order valence-corrected chi connectivity index (χ0v) is 35.6. The Hall–Kier alpha value is -4.36. The number of anilines is 3. The maximum atomic E-state index is 13.7. The van der Waals surface area contributed by atoms with Gasteiger partial charge in [-0.15, -0.1) is 0 Å². The lowest BCUT2D eigenvalue weighted by atomic mass is 10.1. The maximum absolute atomic E-state index is 13.7. The van der Waals surface area contributed by atoms with Crippen molar-refractivity contribution in [2.45, 2.75) is 40.0 Å². The van der Waals surface area contributed by atoms with Crippen LogP contribution >= 0.6 is 66.7 Å². The normalized spacial score (nSPS) is 11.2. The highest BCUT2D eigenvalue weighted by atomic mass is 79.9. The van der Waals surface area contributed by atoms with Crippen LogP contribution in [0.4, 0.5) is 35.8 Å². The highest BCUT2D eigenvalue weighted by Crippen LogP contribution is 2.32. The molecule has 54 heavy (non-hydrogen) atoms. The fourth-order valence-corrected chi connectivity index (χ4v) is 6.21. The Kier molecular flexibility index (Phi) is 21.3. The van der Waals surface area contributed by atoms with Gasteiger partial charge in [0, 0.05) is 40.1 Å². The second kappa shape index (κ2) is 24.1. The molecule has 0 saturated heterocycles. The smallest absolute Gasteiger partial charge is 0.326 e. The highest BCUT2D eigenvalue weighted by molar-refractivity contribution is 9.10. The molecule has 0 radical (unpaired) electrons. The fourth-order valence-electron chi connectivity index (χ4n) is 4.09. The quantitative estimate of drug-likeness (QED) is 0.0892. The molecule has 15 nitrogen and oxygen atoms in total. The number of nitrogens with one attached hydrogen (secondary N) is 6. The van der Waals surface area contributed by atoms with Gasteiger partial charge in [0.25, 0.3) is 0 Å². The van der Waals surface area contributed by atoms with Crippen molar-refractivity contribution in [3.05, 3.63) is 82.9 Å². The second-order valence-electron chi connectivity index (χ2n) is 10.4. The Morgan fingerprint density at radius 3 is 1.41 bits per heavy atom. The summed E-state index contributed by atoms with van der Waals surface area (Å²) in [6.07, 6.45) is 2.02. The van der Waals surface area contributed by atoms with Crippen LogP contribution in [0.1, 0.15) is 37.5 Å². The van der Waals surface area contributed by atoms with Gasteiger partial charge < -0.3 is 33.2 Å². The van der Waals surface area contributed by atoms with Crippen LogP contribution in [0, 0.1) is 5.82 Å². The third kappa shape index (κ3) is 16.3. The van der Waals surface area contributed by atoms with Gasteiger partial charge in [0.1, 0.15) is 5.82 Å². The summed E-state index contributed by atoms with van der Waals surface area (Å²) < 4.78 is 15.3. The summed E-state index contributed by atoms with van der Waals surface area (Å²) in [5.41, 5.74) is 19.9. The van der Waals surface area contributed by atoms with Gasteiger partial charge in [-0.3, -0.25) is 30.9 Å². The van der Waals surface area contributed by atoms with Crippen molar-refractivity contribution < 1.29 is 18.8 Å². The molecular weight excluding hydrogens is 898 g/mol. The van der Waals surface area contributed by atoms with E-state index in [4.69, 9.17) is 52.0 Å². The zero-order chi connectivity index (χ0) is 41.1. The monoisotopic (exact) mass is 936 g/mol. The first-order valence-corrected chi connectivity index (χ1v) is 18.5. The molecule has 0 aromatic heterocycles. The molecule has 0 aliphatic carbocycles. The number of guanidine groups is 3. The topological polar surface area (TPSA) is 239 Å². The number of urea groups is 3. The van der Waals surface area contributed by atoms with E-state index in [-0.39, 0.29) is 28.6 Å². The van der Waals surface area contributed by atoms with Crippen LogP contribution in [-0.4, -0.2) is 57.1 Å². The van der Waals surface area contributed by atoms with Crippen LogP contribution < -0.4 is 49.1 Å². The van der Waals surface area contributed by atoms with E-state index in [0.29, 0.717) is 37.9 Å². The van der Waals surface area contributed by atoms with E-state index in [2.05, 4.69) is 78.7 Å². The molecule has 0 aliphatic heterocycles. The Morgan fingerprint density at radius 1 is 0.611 bits per heavy atom. The average molecular weight is 940 g/mol. The van der Waals surface area contributed by atoms with Crippen molar-refractivity contribution in [1.82, 2.24) is 16.0 Å². The third-order valence-corrected chi connectivity index (χ3v) is 8.53. The maximum Gasteiger partial charge on any atom is 0.326 e. The van der Waals surface area contributed by atoms with Gasteiger partial charge in [-0.05, 0) is 88.3 Å². The summed E-state index contributed by atoms with van der Waals surface area (Å²) in [5, 5.41) is 16.1. The van der Waals surface area contributed by atoms with E-state index in [0.717, 1.165) is 34.5 Å². The molecule has 3 aromatic carbocycles. The van der Waals surface area contributed by atoms with E-state index >= 15 is 0 Å². The van der Waals surface area contributed by atoms with Crippen LogP contribution in [0.15, 0.2) is 60.3 Å². The fraction of sp³-hybridized carbons (Fsp3) is 0.273. The Morgan fingerprint density at radius 2 is 0.981 bits per heavy atom. The SMILES string of the molecule is CCc1cc(Br)cc(Cl)c1NC(=O)NC(N)=NC.CCc1cc(Cl)cc(Br)c1NC(=O)NC(N)=NC.CCc1cc(Cl)cc(F)c1NC(=O)NC(N)=NC. The minimum atomic E-state index is -0.658. The van der Waals surface area contributed by atoms with E-state index in [9.17, 15) is 18.8 Å². The Labute approximate surface area is 344 Å². The average Bonchev–Trinajstić information content (AvgIpc) is 3.11. The van der Waals surface area contributed by atoms with Crippen molar-refractivity contribution in [3.63, 3.8) is 0 Å². The van der Waals surface area contributed by atoms with E-state index in [1.807, 2.05) is 26.8 Å². The molecule has 0 fully saturated rings. The number of nitrogens with zero attached hydrogens (tertiary/aromatic N) is 3. The lowest BCUT2D eigenvalue weighted by Crippen LogP contribution is -2.39. The van der Waals surface area contributed by atoms with Crippen molar-refractivity contribution >= 4 is 120 Å². The minimum Gasteiger partial charge on any atom is -0.370 e. The summed E-state index contributed by atoms with van der Waals surface area (Å²) in [4.78, 5) is 45.6. The molecule has 3 rings (SSSR count). The predicted octanol–water partition coefficient (Wildman–Crippen LogP) is 7.57. The first-order chi connectivity index (χ1) is 25.4. The van der Waals surface area contributed by atoms with Crippen LogP contribution in [-0.2, 0) is 19.3 Å². The summed E-state index contributed by atoms with van der Waals surface area (Å²) in [5.74, 6) is -0.559. The van der Waals surface area contributed by atoms with Gasteiger partial charge in [-0.2, -0.15) is 0 Å². The first kappa shape index (κ1) is 47.7. The molecular formula is C33H42Br2Cl3FN12O3. The van der Waals surface area contributed by atoms with Crippen LogP contribution in [0.25, 0.3) is 0 Å². The van der Waals surface area contributed by atoms with Crippen LogP contribution in [0.5, 0.6) is 0 Å². The van der Waals surface area contributed by atoms with Gasteiger partial charge in [-0.1, -0.05) is 71.5 Å². The minimum absolute atomic E-state index is 0.0405. The Balaban J connectivity index is 0.000000405. The molecule has 294 valence electrons. The molecule has 0 aliphatic rings. The number of rotatable bonds is 6. The molecule has 0 unspecified atom stereocenters. The summed E-state index contributed by atoms with van der Waals surface area (Å²) in [6.45, 7) is 5.78. The van der Waals surface area contributed by atoms with E-state index in [1.165, 1.54) is 21.1 Å². The number of aryl methyl sites for hydroxylation is 3. The van der Waals surface area contributed by atoms with Gasteiger partial charge in [0.15, 0.2) is 17.9 Å². The van der Waals surface area contributed by atoms with Crippen molar-refractivity contribution in [2.75, 3.05) is 37.1 Å². The largest absolute Gasteiger partial charge is 0.370 e. The van der Waals surface area contributed by atoms with Crippen LogP contribution in [0.3, 0.4) is 0 Å². The van der Waals surface area contributed by atoms with Gasteiger partial charge in [0.05, 0.1) is 22.1 Å². The molecule has 12 N–H and O–H groups in total. The van der Waals surface area contributed by atoms with E-state index < -0.39 is 23.9 Å². The lowest BCUT2D eigenvalue weighted by molar-refractivity contribution is 0.255. The van der Waals surface area contributed by atoms with Crippen molar-refractivity contribution in [3.8, 4) is 0 Å². The molecule has 0 saturated carbocycles. The number of carbonyl (C=O) groups excluding carboxylic acids is 3. The number of hydrogen-bond donors (Lipinski definition) is 9. The molecule has 0 spiro atoms. The summed E-state index contributed by atoms with van der Waals surface area (Å²) >= 11 is 24.5. The molecule has 21 heteroatoms. The number of aliphatic imine (C=N–C) groups is 3. The number of hydrogen-bond acceptors (Lipinski definition) is 6. The lowest BCUT2D eigenvalue weighted by Gasteiger charge is -2.13. The first-order valence-electron chi connectivity index (χ1n) is 15.8. The highest BCUT2D eigenvalue weighted by Gasteiger charge is 2.14. The third-order valence-electron chi connectivity index (χ3n) is 6.72. The number of halogens is 6. The van der Waals surface area contributed by atoms with Gasteiger partial charge in [-0.25, -0.2) is 18.8 Å². The van der Waals surface area contributed by atoms with Crippen LogP contribution in [0.2, 0.25) is 15.1 Å².